The highest BCUT2D eigenvalue weighted by Gasteiger charge is 2.22. The summed E-state index contributed by atoms with van der Waals surface area (Å²) in [6.45, 7) is 0. The molecule has 2 rings (SSSR count). The van der Waals surface area contributed by atoms with Gasteiger partial charge in [-0.15, -0.1) is 0 Å². The first-order valence-corrected chi connectivity index (χ1v) is 8.90. The van der Waals surface area contributed by atoms with Gasteiger partial charge in [-0.3, -0.25) is 0 Å². The second kappa shape index (κ2) is 6.11. The van der Waals surface area contributed by atoms with Crippen LogP contribution in [0.1, 0.15) is 0 Å². The highest BCUT2D eigenvalue weighted by molar-refractivity contribution is 7.92. The fourth-order valence-corrected chi connectivity index (χ4v) is 3.81. The summed E-state index contributed by atoms with van der Waals surface area (Å²) >= 11 is 0. The smallest absolute Gasteiger partial charge is 0.250 e. The van der Waals surface area contributed by atoms with Gasteiger partial charge in [-0.25, -0.2) is 21.4 Å². The third kappa shape index (κ3) is 3.87. The number of sulfone groups is 1. The van der Waals surface area contributed by atoms with E-state index in [9.17, 15) is 25.6 Å². The molecule has 0 heterocycles. The Labute approximate surface area is 126 Å². The molecule has 0 aliphatic heterocycles. The van der Waals surface area contributed by atoms with Crippen LogP contribution < -0.4 is 0 Å². The van der Waals surface area contributed by atoms with Crippen LogP contribution in [0.5, 0.6) is 0 Å². The summed E-state index contributed by atoms with van der Waals surface area (Å²) in [5, 5.41) is 0. The molecule has 9 heteroatoms. The largest absolute Gasteiger partial charge is 0.297 e. The first-order chi connectivity index (χ1) is 10.2. The molecule has 0 aromatic heterocycles. The maximum absolute atomic E-state index is 12.8. The molecule has 0 amide bonds. The Hall–Kier alpha value is -1.84. The molecule has 0 spiro atoms. The van der Waals surface area contributed by atoms with Crippen LogP contribution in [0.3, 0.4) is 0 Å². The molecular formula is C13H10F2O5S2. The van der Waals surface area contributed by atoms with Crippen LogP contribution in [0.15, 0.2) is 58.3 Å². The maximum Gasteiger partial charge on any atom is 0.297 e. The zero-order chi connectivity index (χ0) is 16.4. The van der Waals surface area contributed by atoms with E-state index in [1.807, 2.05) is 0 Å². The van der Waals surface area contributed by atoms with E-state index in [1.54, 1.807) is 0 Å². The zero-order valence-corrected chi connectivity index (χ0v) is 12.6. The maximum atomic E-state index is 12.8. The lowest BCUT2D eigenvalue weighted by Crippen LogP contribution is -2.15. The van der Waals surface area contributed by atoms with Gasteiger partial charge in [-0.1, -0.05) is 0 Å². The molecular weight excluding hydrogens is 338 g/mol. The van der Waals surface area contributed by atoms with Crippen LogP contribution in [0.4, 0.5) is 8.78 Å². The minimum atomic E-state index is -4.35. The van der Waals surface area contributed by atoms with E-state index in [1.165, 1.54) is 0 Å². The van der Waals surface area contributed by atoms with Gasteiger partial charge in [0.05, 0.1) is 9.79 Å². The highest BCUT2D eigenvalue weighted by atomic mass is 32.2. The van der Waals surface area contributed by atoms with Gasteiger partial charge >= 0.3 is 0 Å². The number of benzene rings is 2. The van der Waals surface area contributed by atoms with Gasteiger partial charge in [-0.05, 0) is 48.5 Å². The molecule has 2 aromatic carbocycles. The molecule has 0 bridgehead atoms. The number of rotatable bonds is 5. The Morgan fingerprint density at radius 1 is 0.727 bits per heavy atom. The average molecular weight is 348 g/mol. The summed E-state index contributed by atoms with van der Waals surface area (Å²) in [6, 6.07) is 7.58. The normalized spacial score (nSPS) is 12.3. The lowest BCUT2D eigenvalue weighted by atomic mass is 10.4. The van der Waals surface area contributed by atoms with Crippen molar-refractivity contribution in [1.82, 2.24) is 0 Å². The van der Waals surface area contributed by atoms with Crippen LogP contribution in [0, 0.1) is 11.6 Å². The SMILES string of the molecule is O=S(=O)(COS(=O)(=O)c1ccc(F)cc1)c1ccc(F)cc1. The Kier molecular flexibility index (Phi) is 4.59. The number of hydrogen-bond donors (Lipinski definition) is 0. The van der Waals surface area contributed by atoms with Crippen LogP contribution in [0.25, 0.3) is 0 Å². The van der Waals surface area contributed by atoms with Gasteiger partial charge in [0, 0.05) is 0 Å². The molecule has 0 radical (unpaired) electrons. The van der Waals surface area contributed by atoms with Gasteiger partial charge < -0.3 is 0 Å². The second-order valence-corrected chi connectivity index (χ2v) is 7.76. The van der Waals surface area contributed by atoms with E-state index in [-0.39, 0.29) is 9.79 Å². The van der Waals surface area contributed by atoms with Crippen LogP contribution in [-0.2, 0) is 24.1 Å². The van der Waals surface area contributed by atoms with E-state index < -0.39 is 37.5 Å². The predicted molar refractivity (Wildman–Crippen MR) is 73.1 cm³/mol. The lowest BCUT2D eigenvalue weighted by molar-refractivity contribution is 0.368. The van der Waals surface area contributed by atoms with E-state index in [0.717, 1.165) is 48.5 Å². The first-order valence-electron chi connectivity index (χ1n) is 5.84. The molecule has 0 saturated carbocycles. The van der Waals surface area contributed by atoms with Crippen molar-refractivity contribution in [2.24, 2.45) is 0 Å². The van der Waals surface area contributed by atoms with Crippen molar-refractivity contribution in [3.8, 4) is 0 Å². The van der Waals surface area contributed by atoms with Crippen molar-refractivity contribution in [3.63, 3.8) is 0 Å². The van der Waals surface area contributed by atoms with E-state index in [0.29, 0.717) is 0 Å². The first kappa shape index (κ1) is 16.5. The van der Waals surface area contributed by atoms with Gasteiger partial charge in [0.2, 0.25) is 9.84 Å². The van der Waals surface area contributed by atoms with Crippen LogP contribution >= 0.6 is 0 Å². The molecule has 0 N–H and O–H groups in total. The van der Waals surface area contributed by atoms with Crippen molar-refractivity contribution in [1.29, 1.82) is 0 Å². The predicted octanol–water partition coefficient (Wildman–Crippen LogP) is 2.10. The van der Waals surface area contributed by atoms with E-state index >= 15 is 0 Å². The highest BCUT2D eigenvalue weighted by Crippen LogP contribution is 2.17. The molecule has 0 aliphatic carbocycles. The summed E-state index contributed by atoms with van der Waals surface area (Å²) in [6.07, 6.45) is 0. The summed E-state index contributed by atoms with van der Waals surface area (Å²) in [5.74, 6) is -2.41. The minimum absolute atomic E-state index is 0.275. The molecule has 22 heavy (non-hydrogen) atoms. The molecule has 0 aliphatic rings. The van der Waals surface area contributed by atoms with Gasteiger partial charge in [0.15, 0.2) is 5.94 Å². The van der Waals surface area contributed by atoms with Crippen molar-refractivity contribution in [2.45, 2.75) is 9.79 Å². The Morgan fingerprint density at radius 2 is 1.14 bits per heavy atom. The molecule has 0 atom stereocenters. The molecule has 5 nitrogen and oxygen atoms in total. The summed E-state index contributed by atoms with van der Waals surface area (Å²) < 4.78 is 77.4. The lowest BCUT2D eigenvalue weighted by Gasteiger charge is -2.07. The topological polar surface area (TPSA) is 77.5 Å². The van der Waals surface area contributed by atoms with Gasteiger partial charge in [-0.2, -0.15) is 8.42 Å². The van der Waals surface area contributed by atoms with Crippen LogP contribution in [0.2, 0.25) is 0 Å². The van der Waals surface area contributed by atoms with E-state index in [2.05, 4.69) is 4.18 Å². The van der Waals surface area contributed by atoms with Gasteiger partial charge in [0.1, 0.15) is 11.6 Å². The third-order valence-electron chi connectivity index (χ3n) is 2.63. The molecule has 0 fully saturated rings. The van der Waals surface area contributed by atoms with E-state index in [4.69, 9.17) is 0 Å². The fraction of sp³-hybridized carbons (Fsp3) is 0.0769. The standard InChI is InChI=1S/C13H10F2O5S2/c14-10-1-5-12(6-2-10)21(16,17)9-20-22(18,19)13-7-3-11(15)4-8-13/h1-8H,9H2. The fourth-order valence-electron chi connectivity index (χ4n) is 1.51. The second-order valence-electron chi connectivity index (χ2n) is 4.21. The zero-order valence-electron chi connectivity index (χ0n) is 10.9. The summed E-state index contributed by atoms with van der Waals surface area (Å²) in [5.41, 5.74) is 0. The molecule has 2 aromatic rings. The number of hydrogen-bond acceptors (Lipinski definition) is 5. The Balaban J connectivity index is 2.17. The summed E-state index contributed by atoms with van der Waals surface area (Å²) in [7, 11) is -8.41. The van der Waals surface area contributed by atoms with Crippen molar-refractivity contribution in [2.75, 3.05) is 5.94 Å². The monoisotopic (exact) mass is 348 g/mol. The van der Waals surface area contributed by atoms with Crippen LogP contribution in [-0.4, -0.2) is 22.8 Å². The molecule has 0 saturated heterocycles. The van der Waals surface area contributed by atoms with Crippen molar-refractivity contribution in [3.05, 3.63) is 60.2 Å². The third-order valence-corrected chi connectivity index (χ3v) is 5.48. The molecule has 118 valence electrons. The van der Waals surface area contributed by atoms with Crippen molar-refractivity contribution >= 4 is 20.0 Å². The van der Waals surface area contributed by atoms with Crippen molar-refractivity contribution < 1.29 is 29.8 Å². The summed E-state index contributed by atoms with van der Waals surface area (Å²) in [4.78, 5) is -0.647. The number of halogens is 2. The minimum Gasteiger partial charge on any atom is -0.250 e. The van der Waals surface area contributed by atoms with Gasteiger partial charge in [0.25, 0.3) is 10.1 Å². The average Bonchev–Trinajstić information content (AvgIpc) is 2.46. The Morgan fingerprint density at radius 3 is 1.59 bits per heavy atom. The quantitative estimate of drug-likeness (QED) is 0.611. The Bertz CT molecular complexity index is 782. The molecule has 0 unspecified atom stereocenters.